The normalized spacial score (nSPS) is 15.1. The van der Waals surface area contributed by atoms with Gasteiger partial charge in [-0.15, -0.1) is 0 Å². The first-order chi connectivity index (χ1) is 11.8. The maximum Gasteiger partial charge on any atom is 0.449 e. The average Bonchev–Trinajstić information content (AvgIpc) is 2.54. The van der Waals surface area contributed by atoms with Crippen molar-refractivity contribution < 1.29 is 17.9 Å². The Morgan fingerprint density at radius 3 is 2.84 bits per heavy atom. The van der Waals surface area contributed by atoms with Gasteiger partial charge in [-0.1, -0.05) is 11.6 Å². The summed E-state index contributed by atoms with van der Waals surface area (Å²) in [4.78, 5) is 23.4. The third kappa shape index (κ3) is 3.77. The van der Waals surface area contributed by atoms with Gasteiger partial charge >= 0.3 is 6.18 Å². The van der Waals surface area contributed by atoms with Crippen LogP contribution in [0.2, 0.25) is 5.02 Å². The highest BCUT2D eigenvalue weighted by Crippen LogP contribution is 2.27. The van der Waals surface area contributed by atoms with Crippen molar-refractivity contribution in [3.8, 4) is 5.88 Å². The van der Waals surface area contributed by atoms with Crippen molar-refractivity contribution in [2.45, 2.75) is 25.7 Å². The van der Waals surface area contributed by atoms with E-state index in [1.165, 1.54) is 7.11 Å². The molecule has 0 fully saturated rings. The van der Waals surface area contributed by atoms with Crippen LogP contribution in [0.4, 0.5) is 13.2 Å². The van der Waals surface area contributed by atoms with E-state index in [0.29, 0.717) is 24.0 Å². The number of alkyl halides is 3. The van der Waals surface area contributed by atoms with E-state index in [1.807, 2.05) is 9.88 Å². The summed E-state index contributed by atoms with van der Waals surface area (Å²) in [6.45, 7) is 1.14. The fraction of sp³-hybridized carbons (Fsp3) is 0.400. The van der Waals surface area contributed by atoms with Crippen LogP contribution in [-0.4, -0.2) is 33.5 Å². The van der Waals surface area contributed by atoms with E-state index in [-0.39, 0.29) is 24.2 Å². The van der Waals surface area contributed by atoms with Crippen LogP contribution in [0.5, 0.6) is 5.88 Å². The first kappa shape index (κ1) is 17.7. The molecule has 0 saturated heterocycles. The van der Waals surface area contributed by atoms with Gasteiger partial charge in [0.25, 0.3) is 5.56 Å². The van der Waals surface area contributed by atoms with Crippen molar-refractivity contribution in [1.29, 1.82) is 0 Å². The number of aromatic amines is 1. The minimum absolute atomic E-state index is 0.193. The summed E-state index contributed by atoms with van der Waals surface area (Å²) in [7, 11) is 1.46. The molecule has 0 unspecified atom stereocenters. The standard InChI is InChI=1S/C15H14ClF3N4O2/c1-25-13-10(16)4-8(5-20-13)6-23-3-2-11-9(7-23)12(24)22-14(21-11)15(17,18)19/h4-5H,2-3,6-7H2,1H3,(H,21,22,24). The SMILES string of the molecule is COc1ncc(CN2CCc3nc(C(F)(F)F)[nH]c(=O)c3C2)cc1Cl. The van der Waals surface area contributed by atoms with Gasteiger partial charge in [0.1, 0.15) is 5.02 Å². The number of hydrogen-bond acceptors (Lipinski definition) is 5. The Bertz CT molecular complexity index is 854. The molecule has 134 valence electrons. The highest BCUT2D eigenvalue weighted by molar-refractivity contribution is 6.31. The lowest BCUT2D eigenvalue weighted by molar-refractivity contribution is -0.145. The fourth-order valence-electron chi connectivity index (χ4n) is 2.71. The Kier molecular flexibility index (Phi) is 4.70. The minimum Gasteiger partial charge on any atom is -0.480 e. The Labute approximate surface area is 145 Å². The molecule has 0 aliphatic carbocycles. The highest BCUT2D eigenvalue weighted by atomic mass is 35.5. The van der Waals surface area contributed by atoms with Crippen LogP contribution < -0.4 is 10.3 Å². The van der Waals surface area contributed by atoms with Gasteiger partial charge in [-0.2, -0.15) is 13.2 Å². The van der Waals surface area contributed by atoms with E-state index in [2.05, 4.69) is 9.97 Å². The minimum atomic E-state index is -4.67. The summed E-state index contributed by atoms with van der Waals surface area (Å²) in [5.74, 6) is -0.939. The van der Waals surface area contributed by atoms with E-state index in [4.69, 9.17) is 16.3 Å². The summed E-state index contributed by atoms with van der Waals surface area (Å²) < 4.78 is 43.2. The van der Waals surface area contributed by atoms with Crippen LogP contribution in [0, 0.1) is 0 Å². The molecule has 0 bridgehead atoms. The highest BCUT2D eigenvalue weighted by Gasteiger charge is 2.35. The van der Waals surface area contributed by atoms with Crippen molar-refractivity contribution in [3.63, 3.8) is 0 Å². The molecular weight excluding hydrogens is 361 g/mol. The van der Waals surface area contributed by atoms with Crippen LogP contribution >= 0.6 is 11.6 Å². The Hall–Kier alpha value is -2.13. The number of aromatic nitrogens is 3. The van der Waals surface area contributed by atoms with Crippen molar-refractivity contribution in [3.05, 3.63) is 50.3 Å². The van der Waals surface area contributed by atoms with Gasteiger partial charge in [0.15, 0.2) is 0 Å². The fourth-order valence-corrected chi connectivity index (χ4v) is 2.98. The molecule has 1 aliphatic heterocycles. The van der Waals surface area contributed by atoms with E-state index in [0.717, 1.165) is 5.56 Å². The van der Waals surface area contributed by atoms with E-state index < -0.39 is 17.6 Å². The van der Waals surface area contributed by atoms with Crippen LogP contribution in [0.3, 0.4) is 0 Å². The zero-order chi connectivity index (χ0) is 18.2. The Balaban J connectivity index is 1.80. The van der Waals surface area contributed by atoms with Gasteiger partial charge in [0.05, 0.1) is 18.4 Å². The molecule has 6 nitrogen and oxygen atoms in total. The Morgan fingerprint density at radius 2 is 2.20 bits per heavy atom. The van der Waals surface area contributed by atoms with Crippen LogP contribution in [0.15, 0.2) is 17.1 Å². The van der Waals surface area contributed by atoms with Gasteiger partial charge in [0.2, 0.25) is 11.7 Å². The number of ether oxygens (including phenoxy) is 1. The van der Waals surface area contributed by atoms with Crippen molar-refractivity contribution >= 4 is 11.6 Å². The molecule has 0 spiro atoms. The maximum atomic E-state index is 12.7. The number of nitrogens with zero attached hydrogens (tertiary/aromatic N) is 3. The lowest BCUT2D eigenvalue weighted by Gasteiger charge is -2.27. The van der Waals surface area contributed by atoms with Crippen molar-refractivity contribution in [1.82, 2.24) is 19.9 Å². The number of H-pyrrole nitrogens is 1. The van der Waals surface area contributed by atoms with Crippen LogP contribution in [-0.2, 0) is 25.7 Å². The summed E-state index contributed by atoms with van der Waals surface area (Å²) in [5.41, 5.74) is 0.503. The average molecular weight is 375 g/mol. The van der Waals surface area contributed by atoms with E-state index in [9.17, 15) is 18.0 Å². The molecule has 0 atom stereocenters. The monoisotopic (exact) mass is 374 g/mol. The molecule has 0 amide bonds. The smallest absolute Gasteiger partial charge is 0.449 e. The number of fused-ring (bicyclic) bond motifs is 1. The Morgan fingerprint density at radius 1 is 1.44 bits per heavy atom. The molecule has 3 rings (SSSR count). The molecule has 1 aliphatic rings. The second kappa shape index (κ2) is 6.64. The molecule has 10 heteroatoms. The van der Waals surface area contributed by atoms with Crippen LogP contribution in [0.25, 0.3) is 0 Å². The second-order valence-electron chi connectivity index (χ2n) is 5.63. The predicted octanol–water partition coefficient (Wildman–Crippen LogP) is 2.40. The van der Waals surface area contributed by atoms with Gasteiger partial charge in [-0.25, -0.2) is 9.97 Å². The first-order valence-electron chi connectivity index (χ1n) is 7.38. The lowest BCUT2D eigenvalue weighted by atomic mass is 10.1. The molecule has 2 aromatic heterocycles. The van der Waals surface area contributed by atoms with Gasteiger partial charge < -0.3 is 9.72 Å². The quantitative estimate of drug-likeness (QED) is 0.893. The molecular formula is C15H14ClF3N4O2. The maximum absolute atomic E-state index is 12.7. The third-order valence-electron chi connectivity index (χ3n) is 3.88. The summed E-state index contributed by atoms with van der Waals surface area (Å²) in [5, 5.41) is 0.367. The van der Waals surface area contributed by atoms with Gasteiger partial charge in [-0.3, -0.25) is 9.69 Å². The zero-order valence-electron chi connectivity index (χ0n) is 13.2. The molecule has 1 N–H and O–H groups in total. The summed E-state index contributed by atoms with van der Waals surface area (Å²) >= 11 is 6.04. The van der Waals surface area contributed by atoms with Gasteiger partial charge in [-0.05, 0) is 11.6 Å². The zero-order valence-corrected chi connectivity index (χ0v) is 13.9. The van der Waals surface area contributed by atoms with E-state index >= 15 is 0 Å². The molecule has 0 aromatic carbocycles. The van der Waals surface area contributed by atoms with Crippen molar-refractivity contribution in [2.75, 3.05) is 13.7 Å². The summed E-state index contributed by atoms with van der Waals surface area (Å²) in [6.07, 6.45) is -2.80. The topological polar surface area (TPSA) is 71.1 Å². The molecule has 0 saturated carbocycles. The first-order valence-corrected chi connectivity index (χ1v) is 7.75. The van der Waals surface area contributed by atoms with Crippen LogP contribution in [0.1, 0.15) is 22.6 Å². The van der Waals surface area contributed by atoms with Gasteiger partial charge in [0, 0.05) is 32.3 Å². The van der Waals surface area contributed by atoms with E-state index in [1.54, 1.807) is 12.3 Å². The van der Waals surface area contributed by atoms with Crippen molar-refractivity contribution in [2.24, 2.45) is 0 Å². The molecule has 25 heavy (non-hydrogen) atoms. The number of methoxy groups -OCH3 is 1. The lowest BCUT2D eigenvalue weighted by Crippen LogP contribution is -2.36. The summed E-state index contributed by atoms with van der Waals surface area (Å²) in [6, 6.07) is 1.71. The molecule has 3 heterocycles. The second-order valence-corrected chi connectivity index (χ2v) is 6.04. The molecule has 2 aromatic rings. The largest absolute Gasteiger partial charge is 0.480 e. The molecule has 0 radical (unpaired) electrons. The number of pyridine rings is 1. The number of nitrogens with one attached hydrogen (secondary N) is 1. The number of halogens is 4. The number of rotatable bonds is 3. The predicted molar refractivity (Wildman–Crippen MR) is 83.5 cm³/mol. The third-order valence-corrected chi connectivity index (χ3v) is 4.15. The number of hydrogen-bond donors (Lipinski definition) is 1.